The van der Waals surface area contributed by atoms with Gasteiger partial charge in [-0.3, -0.25) is 0 Å². The van der Waals surface area contributed by atoms with Gasteiger partial charge >= 0.3 is 0 Å². The van der Waals surface area contributed by atoms with Crippen LogP contribution in [-0.4, -0.2) is 16.5 Å². The average Bonchev–Trinajstić information content (AvgIpc) is 2.48. The highest BCUT2D eigenvalue weighted by molar-refractivity contribution is 5.61. The number of nitrogens with zero attached hydrogens (tertiary/aromatic N) is 2. The van der Waals surface area contributed by atoms with Crippen LogP contribution in [0.5, 0.6) is 0 Å². The van der Waals surface area contributed by atoms with Gasteiger partial charge in [-0.25, -0.2) is 4.98 Å². The third-order valence-corrected chi connectivity index (χ3v) is 3.13. The maximum atomic E-state index is 4.48. The first-order valence-electron chi connectivity index (χ1n) is 7.25. The van der Waals surface area contributed by atoms with E-state index in [1.165, 1.54) is 5.56 Å². The minimum Gasteiger partial charge on any atom is -0.354 e. The molecule has 2 N–H and O–H groups in total. The molecule has 0 amide bonds. The van der Waals surface area contributed by atoms with Crippen molar-refractivity contribution in [3.8, 4) is 0 Å². The van der Waals surface area contributed by atoms with Crippen LogP contribution in [0.3, 0.4) is 0 Å². The van der Waals surface area contributed by atoms with E-state index in [0.29, 0.717) is 5.95 Å². The number of nitrogens with one attached hydrogen (secondary N) is 2. The molecule has 0 saturated heterocycles. The number of aromatic nitrogens is 2. The van der Waals surface area contributed by atoms with E-state index in [0.717, 1.165) is 37.3 Å². The summed E-state index contributed by atoms with van der Waals surface area (Å²) < 4.78 is 0. The molecule has 4 nitrogen and oxygen atoms in total. The number of aryl methyl sites for hydroxylation is 1. The third-order valence-electron chi connectivity index (χ3n) is 3.13. The van der Waals surface area contributed by atoms with E-state index in [1.807, 2.05) is 12.1 Å². The number of anilines is 3. The molecule has 0 aliphatic carbocycles. The number of unbranched alkanes of at least 4 members (excludes halogenated alkanes) is 1. The standard InChI is InChI=1S/C16H22N4/c1-3-5-11-17-16-18-12-10-15(20-16)19-14-9-7-6-8-13(14)4-2/h6-10,12H,3-5,11H2,1-2H3,(H2,17,18,19,20). The van der Waals surface area contributed by atoms with Crippen LogP contribution < -0.4 is 10.6 Å². The van der Waals surface area contributed by atoms with Gasteiger partial charge in [-0.1, -0.05) is 38.5 Å². The fourth-order valence-corrected chi connectivity index (χ4v) is 1.98. The average molecular weight is 270 g/mol. The molecule has 0 fully saturated rings. The van der Waals surface area contributed by atoms with Crippen LogP contribution in [0.25, 0.3) is 0 Å². The number of hydrogen-bond donors (Lipinski definition) is 2. The molecule has 0 unspecified atom stereocenters. The summed E-state index contributed by atoms with van der Waals surface area (Å²) in [7, 11) is 0. The fraction of sp³-hybridized carbons (Fsp3) is 0.375. The lowest BCUT2D eigenvalue weighted by molar-refractivity contribution is 0.826. The van der Waals surface area contributed by atoms with Crippen molar-refractivity contribution >= 4 is 17.5 Å². The summed E-state index contributed by atoms with van der Waals surface area (Å²) in [5.74, 6) is 1.50. The van der Waals surface area contributed by atoms with Crippen LogP contribution in [0.15, 0.2) is 36.5 Å². The van der Waals surface area contributed by atoms with Crippen molar-refractivity contribution in [2.24, 2.45) is 0 Å². The van der Waals surface area contributed by atoms with Crippen LogP contribution in [0.2, 0.25) is 0 Å². The Morgan fingerprint density at radius 2 is 1.95 bits per heavy atom. The molecule has 1 aromatic carbocycles. The minimum absolute atomic E-state index is 0.678. The van der Waals surface area contributed by atoms with Gasteiger partial charge in [-0.05, 0) is 30.5 Å². The molecule has 0 aliphatic heterocycles. The predicted molar refractivity (Wildman–Crippen MR) is 84.5 cm³/mol. The second kappa shape index (κ2) is 7.48. The van der Waals surface area contributed by atoms with Gasteiger partial charge in [0.1, 0.15) is 5.82 Å². The largest absolute Gasteiger partial charge is 0.354 e. The SMILES string of the molecule is CCCCNc1nccc(Nc2ccccc2CC)n1. The zero-order chi connectivity index (χ0) is 14.2. The first-order valence-corrected chi connectivity index (χ1v) is 7.25. The molecule has 0 aliphatic rings. The second-order valence-corrected chi connectivity index (χ2v) is 4.68. The van der Waals surface area contributed by atoms with Crippen molar-refractivity contribution in [2.45, 2.75) is 33.1 Å². The smallest absolute Gasteiger partial charge is 0.224 e. The molecule has 0 atom stereocenters. The van der Waals surface area contributed by atoms with E-state index in [2.05, 4.69) is 52.6 Å². The van der Waals surface area contributed by atoms with Crippen molar-refractivity contribution in [1.29, 1.82) is 0 Å². The maximum absolute atomic E-state index is 4.48. The molecule has 0 spiro atoms. The fourth-order valence-electron chi connectivity index (χ4n) is 1.98. The number of benzene rings is 1. The van der Waals surface area contributed by atoms with Gasteiger partial charge in [0.15, 0.2) is 0 Å². The quantitative estimate of drug-likeness (QED) is 0.747. The molecule has 0 radical (unpaired) electrons. The van der Waals surface area contributed by atoms with Crippen molar-refractivity contribution in [3.05, 3.63) is 42.1 Å². The highest BCUT2D eigenvalue weighted by Crippen LogP contribution is 2.20. The van der Waals surface area contributed by atoms with Crippen molar-refractivity contribution in [1.82, 2.24) is 9.97 Å². The Kier molecular flexibility index (Phi) is 5.35. The maximum Gasteiger partial charge on any atom is 0.224 e. The summed E-state index contributed by atoms with van der Waals surface area (Å²) in [5, 5.41) is 6.60. The summed E-state index contributed by atoms with van der Waals surface area (Å²) in [5.41, 5.74) is 2.39. The Bertz CT molecular complexity index is 540. The molecule has 2 rings (SSSR count). The van der Waals surface area contributed by atoms with Gasteiger partial charge in [-0.15, -0.1) is 0 Å². The Hall–Kier alpha value is -2.10. The molecule has 2 aromatic rings. The van der Waals surface area contributed by atoms with Crippen molar-refractivity contribution in [3.63, 3.8) is 0 Å². The summed E-state index contributed by atoms with van der Waals surface area (Å²) in [6, 6.07) is 10.2. The van der Waals surface area contributed by atoms with Gasteiger partial charge in [0.05, 0.1) is 0 Å². The summed E-state index contributed by atoms with van der Waals surface area (Å²) >= 11 is 0. The topological polar surface area (TPSA) is 49.8 Å². The Balaban J connectivity index is 2.07. The van der Waals surface area contributed by atoms with Gasteiger partial charge in [0.25, 0.3) is 0 Å². The summed E-state index contributed by atoms with van der Waals surface area (Å²) in [6.45, 7) is 5.23. The lowest BCUT2D eigenvalue weighted by Crippen LogP contribution is -2.06. The van der Waals surface area contributed by atoms with Crippen LogP contribution in [0, 0.1) is 0 Å². The Morgan fingerprint density at radius 3 is 2.75 bits per heavy atom. The Morgan fingerprint density at radius 1 is 1.10 bits per heavy atom. The highest BCUT2D eigenvalue weighted by atomic mass is 15.1. The number of hydrogen-bond acceptors (Lipinski definition) is 4. The predicted octanol–water partition coefficient (Wildman–Crippen LogP) is 3.99. The minimum atomic E-state index is 0.678. The van der Waals surface area contributed by atoms with Crippen molar-refractivity contribution in [2.75, 3.05) is 17.2 Å². The molecular formula is C16H22N4. The zero-order valence-corrected chi connectivity index (χ0v) is 12.2. The number of rotatable bonds is 7. The third kappa shape index (κ3) is 3.95. The molecule has 1 heterocycles. The lowest BCUT2D eigenvalue weighted by atomic mass is 10.1. The molecule has 1 aromatic heterocycles. The van der Waals surface area contributed by atoms with Gasteiger partial charge in [0, 0.05) is 18.4 Å². The monoisotopic (exact) mass is 270 g/mol. The zero-order valence-electron chi connectivity index (χ0n) is 12.2. The molecule has 4 heteroatoms. The molecule has 0 saturated carbocycles. The lowest BCUT2D eigenvalue weighted by Gasteiger charge is -2.11. The Labute approximate surface area is 120 Å². The van der Waals surface area contributed by atoms with Crippen LogP contribution in [0.1, 0.15) is 32.3 Å². The van der Waals surface area contributed by atoms with Crippen LogP contribution in [0.4, 0.5) is 17.5 Å². The summed E-state index contributed by atoms with van der Waals surface area (Å²) in [6.07, 6.45) is 5.06. The van der Waals surface area contributed by atoms with E-state index in [4.69, 9.17) is 0 Å². The van der Waals surface area contributed by atoms with E-state index in [-0.39, 0.29) is 0 Å². The number of para-hydroxylation sites is 1. The highest BCUT2D eigenvalue weighted by Gasteiger charge is 2.02. The molecule has 106 valence electrons. The van der Waals surface area contributed by atoms with Gasteiger partial charge in [0.2, 0.25) is 5.95 Å². The van der Waals surface area contributed by atoms with E-state index in [9.17, 15) is 0 Å². The molecule has 0 bridgehead atoms. The second-order valence-electron chi connectivity index (χ2n) is 4.68. The first-order chi connectivity index (χ1) is 9.83. The van der Waals surface area contributed by atoms with E-state index >= 15 is 0 Å². The van der Waals surface area contributed by atoms with Crippen molar-refractivity contribution < 1.29 is 0 Å². The van der Waals surface area contributed by atoms with Crippen LogP contribution in [-0.2, 0) is 6.42 Å². The summed E-state index contributed by atoms with van der Waals surface area (Å²) in [4.78, 5) is 8.72. The first kappa shape index (κ1) is 14.3. The van der Waals surface area contributed by atoms with Gasteiger partial charge in [-0.2, -0.15) is 4.98 Å². The van der Waals surface area contributed by atoms with E-state index < -0.39 is 0 Å². The molecular weight excluding hydrogens is 248 g/mol. The van der Waals surface area contributed by atoms with Crippen LogP contribution >= 0.6 is 0 Å². The van der Waals surface area contributed by atoms with E-state index in [1.54, 1.807) is 6.20 Å². The van der Waals surface area contributed by atoms with Gasteiger partial charge < -0.3 is 10.6 Å². The molecule has 20 heavy (non-hydrogen) atoms. The normalized spacial score (nSPS) is 10.3.